The fourth-order valence-electron chi connectivity index (χ4n) is 4.70. The van der Waals surface area contributed by atoms with Crippen LogP contribution in [0.3, 0.4) is 0 Å². The van der Waals surface area contributed by atoms with Gasteiger partial charge >= 0.3 is 0 Å². The molecular weight excluding hydrogens is 256 g/mol. The minimum atomic E-state index is 0.659. The van der Waals surface area contributed by atoms with Crippen molar-refractivity contribution in [1.82, 2.24) is 10.0 Å². The van der Waals surface area contributed by atoms with Crippen molar-refractivity contribution in [3.05, 3.63) is 0 Å². The molecule has 0 radical (unpaired) electrons. The van der Waals surface area contributed by atoms with E-state index in [2.05, 4.69) is 38.0 Å². The number of unbranched alkanes of at least 4 members (excludes halogenated alkanes) is 2. The van der Waals surface area contributed by atoms with Gasteiger partial charge in [0.25, 0.3) is 0 Å². The van der Waals surface area contributed by atoms with Crippen LogP contribution in [0.5, 0.6) is 0 Å². The minimum absolute atomic E-state index is 0.659. The highest BCUT2D eigenvalue weighted by Gasteiger charge is 2.45. The Morgan fingerprint density at radius 3 is 1.86 bits per heavy atom. The van der Waals surface area contributed by atoms with Crippen molar-refractivity contribution >= 4 is 0 Å². The van der Waals surface area contributed by atoms with Crippen LogP contribution < -0.4 is 0 Å². The Morgan fingerprint density at radius 1 is 0.857 bits per heavy atom. The molecule has 2 heteroatoms. The first-order chi connectivity index (χ1) is 10.0. The van der Waals surface area contributed by atoms with Crippen molar-refractivity contribution in [1.29, 1.82) is 0 Å². The number of hydrazine groups is 1. The molecule has 0 bridgehead atoms. The summed E-state index contributed by atoms with van der Waals surface area (Å²) < 4.78 is 0. The SMILES string of the molecule is CCCCC1(CCCC)CCC2(CCN(N(C)C)C2)CC1. The van der Waals surface area contributed by atoms with Gasteiger partial charge in [-0.25, -0.2) is 10.0 Å². The maximum Gasteiger partial charge on any atom is 0.0190 e. The molecule has 1 spiro atoms. The molecule has 1 heterocycles. The molecule has 0 amide bonds. The van der Waals surface area contributed by atoms with E-state index < -0.39 is 0 Å². The fraction of sp³-hybridized carbons (Fsp3) is 1.00. The molecular formula is C19H38N2. The summed E-state index contributed by atoms with van der Waals surface area (Å²) in [5.41, 5.74) is 1.37. The highest BCUT2D eigenvalue weighted by Crippen LogP contribution is 2.53. The van der Waals surface area contributed by atoms with Crippen molar-refractivity contribution in [3.63, 3.8) is 0 Å². The van der Waals surface area contributed by atoms with Crippen LogP contribution in [0.4, 0.5) is 0 Å². The summed E-state index contributed by atoms with van der Waals surface area (Å²) in [5, 5.41) is 4.87. The topological polar surface area (TPSA) is 6.48 Å². The second-order valence-electron chi connectivity index (χ2n) is 8.19. The van der Waals surface area contributed by atoms with Crippen LogP contribution >= 0.6 is 0 Å². The van der Waals surface area contributed by atoms with Gasteiger partial charge in [-0.05, 0) is 55.8 Å². The van der Waals surface area contributed by atoms with Crippen LogP contribution in [0.25, 0.3) is 0 Å². The van der Waals surface area contributed by atoms with E-state index in [4.69, 9.17) is 0 Å². The lowest BCUT2D eigenvalue weighted by Crippen LogP contribution is -2.40. The smallest absolute Gasteiger partial charge is 0.0190 e. The summed E-state index contributed by atoms with van der Waals surface area (Å²) in [6.07, 6.45) is 16.1. The summed E-state index contributed by atoms with van der Waals surface area (Å²) in [6.45, 7) is 7.30. The van der Waals surface area contributed by atoms with E-state index in [9.17, 15) is 0 Å². The van der Waals surface area contributed by atoms with Crippen molar-refractivity contribution in [2.75, 3.05) is 27.2 Å². The largest absolute Gasteiger partial charge is 0.248 e. The molecule has 0 aromatic carbocycles. The molecule has 0 unspecified atom stereocenters. The molecule has 2 fully saturated rings. The summed E-state index contributed by atoms with van der Waals surface area (Å²) in [5.74, 6) is 0. The van der Waals surface area contributed by atoms with Crippen LogP contribution in [-0.2, 0) is 0 Å². The highest BCUT2D eigenvalue weighted by molar-refractivity contribution is 4.97. The lowest BCUT2D eigenvalue weighted by molar-refractivity contribution is 0.0138. The van der Waals surface area contributed by atoms with Gasteiger partial charge in [-0.2, -0.15) is 0 Å². The Labute approximate surface area is 133 Å². The quantitative estimate of drug-likeness (QED) is 0.645. The van der Waals surface area contributed by atoms with Crippen LogP contribution in [0, 0.1) is 10.8 Å². The Bertz CT molecular complexity index is 293. The molecule has 0 aromatic rings. The number of hydrogen-bond donors (Lipinski definition) is 0. The van der Waals surface area contributed by atoms with Crippen molar-refractivity contribution in [2.45, 2.75) is 84.5 Å². The van der Waals surface area contributed by atoms with Gasteiger partial charge in [-0.15, -0.1) is 0 Å². The normalized spacial score (nSPS) is 25.0. The first-order valence-corrected chi connectivity index (χ1v) is 9.47. The number of hydrogen-bond acceptors (Lipinski definition) is 2. The Balaban J connectivity index is 1.92. The lowest BCUT2D eigenvalue weighted by atomic mass is 9.60. The monoisotopic (exact) mass is 294 g/mol. The van der Waals surface area contributed by atoms with Gasteiger partial charge in [0, 0.05) is 27.2 Å². The second kappa shape index (κ2) is 7.46. The molecule has 2 aliphatic rings. The fourth-order valence-corrected chi connectivity index (χ4v) is 4.70. The van der Waals surface area contributed by atoms with Crippen molar-refractivity contribution in [2.24, 2.45) is 10.8 Å². The van der Waals surface area contributed by atoms with Gasteiger partial charge in [-0.3, -0.25) is 0 Å². The standard InChI is InChI=1S/C19H38N2/c1-5-7-9-18(10-8-6-2)11-13-19(14-12-18)15-16-21(17-19)20(3)4/h5-17H2,1-4H3. The van der Waals surface area contributed by atoms with Crippen molar-refractivity contribution in [3.8, 4) is 0 Å². The average Bonchev–Trinajstić information content (AvgIpc) is 2.91. The minimum Gasteiger partial charge on any atom is -0.248 e. The average molecular weight is 295 g/mol. The first kappa shape index (κ1) is 17.3. The van der Waals surface area contributed by atoms with E-state index in [1.165, 1.54) is 83.7 Å². The zero-order chi connectivity index (χ0) is 15.3. The Morgan fingerprint density at radius 2 is 1.43 bits per heavy atom. The Kier molecular flexibility index (Phi) is 6.14. The van der Waals surface area contributed by atoms with E-state index in [1.54, 1.807) is 0 Å². The van der Waals surface area contributed by atoms with Gasteiger partial charge in [0.1, 0.15) is 0 Å². The molecule has 0 aromatic heterocycles. The van der Waals surface area contributed by atoms with Crippen molar-refractivity contribution < 1.29 is 0 Å². The first-order valence-electron chi connectivity index (χ1n) is 9.47. The maximum absolute atomic E-state index is 2.56. The lowest BCUT2D eigenvalue weighted by Gasteiger charge is -2.46. The van der Waals surface area contributed by atoms with Gasteiger partial charge in [-0.1, -0.05) is 39.5 Å². The van der Waals surface area contributed by atoms with E-state index >= 15 is 0 Å². The van der Waals surface area contributed by atoms with E-state index in [-0.39, 0.29) is 0 Å². The molecule has 0 atom stereocenters. The third-order valence-electron chi connectivity index (χ3n) is 6.48. The summed E-state index contributed by atoms with van der Waals surface area (Å²) in [4.78, 5) is 0. The molecule has 1 saturated carbocycles. The summed E-state index contributed by atoms with van der Waals surface area (Å²) >= 11 is 0. The third-order valence-corrected chi connectivity index (χ3v) is 6.48. The molecule has 2 nitrogen and oxygen atoms in total. The molecule has 1 aliphatic heterocycles. The van der Waals surface area contributed by atoms with Crippen LogP contribution in [0.1, 0.15) is 84.5 Å². The number of rotatable bonds is 7. The van der Waals surface area contributed by atoms with Crippen LogP contribution in [0.15, 0.2) is 0 Å². The molecule has 0 N–H and O–H groups in total. The third kappa shape index (κ3) is 4.22. The molecule has 1 aliphatic carbocycles. The van der Waals surface area contributed by atoms with Gasteiger partial charge in [0.05, 0.1) is 0 Å². The number of nitrogens with zero attached hydrogens (tertiary/aromatic N) is 2. The molecule has 21 heavy (non-hydrogen) atoms. The zero-order valence-electron chi connectivity index (χ0n) is 15.1. The molecule has 124 valence electrons. The van der Waals surface area contributed by atoms with E-state index in [0.717, 1.165) is 0 Å². The van der Waals surface area contributed by atoms with Gasteiger partial charge in [0.15, 0.2) is 0 Å². The van der Waals surface area contributed by atoms with Crippen LogP contribution in [0.2, 0.25) is 0 Å². The molecule has 1 saturated heterocycles. The predicted octanol–water partition coefficient (Wildman–Crippen LogP) is 5.10. The highest BCUT2D eigenvalue weighted by atomic mass is 15.6. The summed E-state index contributed by atoms with van der Waals surface area (Å²) in [7, 11) is 4.41. The van der Waals surface area contributed by atoms with E-state index in [1.807, 2.05) is 0 Å². The Hall–Kier alpha value is -0.0800. The zero-order valence-corrected chi connectivity index (χ0v) is 15.1. The van der Waals surface area contributed by atoms with Gasteiger partial charge < -0.3 is 0 Å². The summed E-state index contributed by atoms with van der Waals surface area (Å²) in [6, 6.07) is 0. The maximum atomic E-state index is 2.56. The van der Waals surface area contributed by atoms with Crippen LogP contribution in [-0.4, -0.2) is 37.2 Å². The van der Waals surface area contributed by atoms with Gasteiger partial charge in [0.2, 0.25) is 0 Å². The predicted molar refractivity (Wildman–Crippen MR) is 92.3 cm³/mol. The molecule has 2 rings (SSSR count). The second-order valence-corrected chi connectivity index (χ2v) is 8.19. The van der Waals surface area contributed by atoms with E-state index in [0.29, 0.717) is 10.8 Å².